The van der Waals surface area contributed by atoms with Gasteiger partial charge in [0.2, 0.25) is 10.0 Å². The maximum Gasteiger partial charge on any atom is 0.242 e. The van der Waals surface area contributed by atoms with Crippen LogP contribution in [-0.2, 0) is 10.0 Å². The Bertz CT molecular complexity index is 454. The number of ether oxygens (including phenoxy) is 1. The maximum atomic E-state index is 12.1. The lowest BCUT2D eigenvalue weighted by atomic mass is 10.3. The summed E-state index contributed by atoms with van der Waals surface area (Å²) in [5.74, 6) is 0.633. The van der Waals surface area contributed by atoms with E-state index in [2.05, 4.69) is 12.6 Å². The summed E-state index contributed by atoms with van der Waals surface area (Å²) in [7, 11) is -0.342. The van der Waals surface area contributed by atoms with Crippen molar-refractivity contribution in [1.29, 1.82) is 0 Å². The molecule has 1 aromatic rings. The Hall–Kier alpha value is -0.720. The van der Waals surface area contributed by atoms with E-state index in [0.29, 0.717) is 12.3 Å². The van der Waals surface area contributed by atoms with Crippen LogP contribution in [0.3, 0.4) is 0 Å². The van der Waals surface area contributed by atoms with Gasteiger partial charge in [0.05, 0.1) is 12.0 Å². The molecular weight excluding hydrogens is 258 g/mol. The lowest BCUT2D eigenvalue weighted by Crippen LogP contribution is -2.31. The average molecular weight is 275 g/mol. The zero-order valence-electron chi connectivity index (χ0n) is 10.1. The molecule has 0 bridgehead atoms. The fourth-order valence-corrected chi connectivity index (χ4v) is 3.01. The van der Waals surface area contributed by atoms with Crippen molar-refractivity contribution in [3.63, 3.8) is 0 Å². The number of hydrogen-bond acceptors (Lipinski definition) is 4. The Kier molecular flexibility index (Phi) is 4.85. The Morgan fingerprint density at radius 3 is 2.29 bits per heavy atom. The number of nitrogens with zero attached hydrogens (tertiary/aromatic N) is 1. The minimum absolute atomic E-state index is 0.00646. The van der Waals surface area contributed by atoms with E-state index >= 15 is 0 Å². The first kappa shape index (κ1) is 14.3. The van der Waals surface area contributed by atoms with E-state index in [0.717, 1.165) is 0 Å². The van der Waals surface area contributed by atoms with Crippen molar-refractivity contribution in [3.8, 4) is 5.75 Å². The van der Waals surface area contributed by atoms with Crippen LogP contribution in [0.2, 0.25) is 0 Å². The number of sulfonamides is 1. The summed E-state index contributed by atoms with van der Waals surface area (Å²) in [5, 5.41) is -0.00646. The standard InChI is InChI=1S/C11H17NO3S2/c1-9(16)8-12(2)17(13,14)11-6-4-10(15-3)5-7-11/h4-7,9,16H,8H2,1-3H3. The fraction of sp³-hybridized carbons (Fsp3) is 0.455. The van der Waals surface area contributed by atoms with Crippen molar-refractivity contribution >= 4 is 22.7 Å². The Morgan fingerprint density at radius 2 is 1.88 bits per heavy atom. The second kappa shape index (κ2) is 5.75. The van der Waals surface area contributed by atoms with Gasteiger partial charge in [0.25, 0.3) is 0 Å². The molecule has 17 heavy (non-hydrogen) atoms. The van der Waals surface area contributed by atoms with E-state index < -0.39 is 10.0 Å². The quantitative estimate of drug-likeness (QED) is 0.831. The molecule has 0 aliphatic rings. The molecule has 0 saturated heterocycles. The molecule has 6 heteroatoms. The Balaban J connectivity index is 2.96. The third kappa shape index (κ3) is 3.62. The Labute approximate surface area is 108 Å². The molecule has 0 radical (unpaired) electrons. The van der Waals surface area contributed by atoms with Gasteiger partial charge in [-0.25, -0.2) is 8.42 Å². The van der Waals surface area contributed by atoms with Crippen LogP contribution in [0, 0.1) is 0 Å². The molecule has 0 saturated carbocycles. The van der Waals surface area contributed by atoms with Crippen LogP contribution in [0.5, 0.6) is 5.75 Å². The fourth-order valence-electron chi connectivity index (χ4n) is 1.40. The van der Waals surface area contributed by atoms with Crippen molar-refractivity contribution in [3.05, 3.63) is 24.3 Å². The molecule has 0 spiro atoms. The molecule has 0 heterocycles. The molecule has 0 fully saturated rings. The number of rotatable bonds is 5. The summed E-state index contributed by atoms with van der Waals surface area (Å²) in [6.45, 7) is 2.22. The van der Waals surface area contributed by atoms with Crippen molar-refractivity contribution < 1.29 is 13.2 Å². The molecule has 1 aromatic carbocycles. The molecule has 1 atom stereocenters. The van der Waals surface area contributed by atoms with Gasteiger partial charge in [-0.3, -0.25) is 0 Å². The second-order valence-corrected chi connectivity index (χ2v) is 6.74. The Morgan fingerprint density at radius 1 is 1.35 bits per heavy atom. The normalized spacial score (nSPS) is 13.7. The third-order valence-corrected chi connectivity index (χ3v) is 4.29. The third-order valence-electron chi connectivity index (χ3n) is 2.29. The van der Waals surface area contributed by atoms with Gasteiger partial charge < -0.3 is 4.74 Å². The van der Waals surface area contributed by atoms with Crippen molar-refractivity contribution in [1.82, 2.24) is 4.31 Å². The van der Waals surface area contributed by atoms with Gasteiger partial charge >= 0.3 is 0 Å². The smallest absolute Gasteiger partial charge is 0.242 e. The van der Waals surface area contributed by atoms with E-state index in [-0.39, 0.29) is 10.1 Å². The highest BCUT2D eigenvalue weighted by Crippen LogP contribution is 2.18. The molecule has 0 aliphatic heterocycles. The van der Waals surface area contributed by atoms with E-state index in [1.54, 1.807) is 19.2 Å². The second-order valence-electron chi connectivity index (χ2n) is 3.81. The lowest BCUT2D eigenvalue weighted by molar-refractivity contribution is 0.414. The highest BCUT2D eigenvalue weighted by atomic mass is 32.2. The van der Waals surface area contributed by atoms with Gasteiger partial charge in [-0.1, -0.05) is 6.92 Å². The van der Waals surface area contributed by atoms with Crippen molar-refractivity contribution in [2.45, 2.75) is 17.1 Å². The first-order valence-electron chi connectivity index (χ1n) is 5.16. The number of methoxy groups -OCH3 is 1. The molecule has 1 rings (SSSR count). The highest BCUT2D eigenvalue weighted by Gasteiger charge is 2.21. The largest absolute Gasteiger partial charge is 0.497 e. The van der Waals surface area contributed by atoms with Crippen LogP contribution in [0.1, 0.15) is 6.92 Å². The first-order chi connectivity index (χ1) is 7.87. The minimum atomic E-state index is -3.43. The van der Waals surface area contributed by atoms with Crippen LogP contribution in [-0.4, -0.2) is 38.7 Å². The maximum absolute atomic E-state index is 12.1. The molecule has 0 aromatic heterocycles. The van der Waals surface area contributed by atoms with Crippen LogP contribution in [0.15, 0.2) is 29.2 Å². The summed E-state index contributed by atoms with van der Waals surface area (Å²) in [6, 6.07) is 6.33. The van der Waals surface area contributed by atoms with Gasteiger partial charge in [-0.2, -0.15) is 16.9 Å². The van der Waals surface area contributed by atoms with Crippen LogP contribution in [0.4, 0.5) is 0 Å². The minimum Gasteiger partial charge on any atom is -0.497 e. The van der Waals surface area contributed by atoms with E-state index in [1.165, 1.54) is 23.5 Å². The van der Waals surface area contributed by atoms with Gasteiger partial charge in [0, 0.05) is 18.8 Å². The molecule has 0 amide bonds. The van der Waals surface area contributed by atoms with Crippen LogP contribution < -0.4 is 4.74 Å². The van der Waals surface area contributed by atoms with Crippen LogP contribution >= 0.6 is 12.6 Å². The summed E-state index contributed by atoms with van der Waals surface area (Å²) in [5.41, 5.74) is 0. The summed E-state index contributed by atoms with van der Waals surface area (Å²) < 4.78 is 30.5. The number of benzene rings is 1. The molecular formula is C11H17NO3S2. The van der Waals surface area contributed by atoms with E-state index in [1.807, 2.05) is 6.92 Å². The predicted molar refractivity (Wildman–Crippen MR) is 71.3 cm³/mol. The summed E-state index contributed by atoms with van der Waals surface area (Å²) in [6.07, 6.45) is 0. The zero-order valence-corrected chi connectivity index (χ0v) is 11.8. The molecule has 0 aliphatic carbocycles. The zero-order chi connectivity index (χ0) is 13.1. The predicted octanol–water partition coefficient (Wildman–Crippen LogP) is 1.63. The average Bonchev–Trinajstić information content (AvgIpc) is 2.28. The van der Waals surface area contributed by atoms with Gasteiger partial charge in [-0.05, 0) is 24.3 Å². The number of thiol groups is 1. The topological polar surface area (TPSA) is 46.6 Å². The van der Waals surface area contributed by atoms with Gasteiger partial charge in [0.1, 0.15) is 5.75 Å². The first-order valence-corrected chi connectivity index (χ1v) is 7.12. The molecule has 1 unspecified atom stereocenters. The number of hydrogen-bond donors (Lipinski definition) is 1. The van der Waals surface area contributed by atoms with Crippen molar-refractivity contribution in [2.75, 3.05) is 20.7 Å². The van der Waals surface area contributed by atoms with Crippen LogP contribution in [0.25, 0.3) is 0 Å². The van der Waals surface area contributed by atoms with Crippen molar-refractivity contribution in [2.24, 2.45) is 0 Å². The van der Waals surface area contributed by atoms with Gasteiger partial charge in [-0.15, -0.1) is 0 Å². The summed E-state index contributed by atoms with van der Waals surface area (Å²) in [4.78, 5) is 0.259. The molecule has 0 N–H and O–H groups in total. The lowest BCUT2D eigenvalue weighted by Gasteiger charge is -2.18. The monoisotopic (exact) mass is 275 g/mol. The highest BCUT2D eigenvalue weighted by molar-refractivity contribution is 7.89. The van der Waals surface area contributed by atoms with E-state index in [4.69, 9.17) is 4.74 Å². The molecule has 96 valence electrons. The van der Waals surface area contributed by atoms with E-state index in [9.17, 15) is 8.42 Å². The molecule has 4 nitrogen and oxygen atoms in total. The SMILES string of the molecule is COc1ccc(S(=O)(=O)N(C)CC(C)S)cc1. The summed E-state index contributed by atoms with van der Waals surface area (Å²) >= 11 is 4.19. The van der Waals surface area contributed by atoms with Gasteiger partial charge in [0.15, 0.2) is 0 Å².